The molecule has 0 aromatic heterocycles. The van der Waals surface area contributed by atoms with Gasteiger partial charge in [0, 0.05) is 38.5 Å². The van der Waals surface area contributed by atoms with Crippen LogP contribution in [0.4, 0.5) is 0 Å². The Kier molecular flexibility index (Phi) is 4.01. The summed E-state index contributed by atoms with van der Waals surface area (Å²) in [5, 5.41) is 9.05. The zero-order valence-electron chi connectivity index (χ0n) is 12.1. The Morgan fingerprint density at radius 1 is 1.05 bits per heavy atom. The Morgan fingerprint density at radius 2 is 1.55 bits per heavy atom. The van der Waals surface area contributed by atoms with Crippen molar-refractivity contribution in [3.05, 3.63) is 0 Å². The van der Waals surface area contributed by atoms with E-state index in [0.717, 1.165) is 12.8 Å². The van der Waals surface area contributed by atoms with Crippen LogP contribution in [0.15, 0.2) is 0 Å². The van der Waals surface area contributed by atoms with Crippen molar-refractivity contribution in [2.45, 2.75) is 33.1 Å². The highest BCUT2D eigenvalue weighted by Crippen LogP contribution is 2.31. The number of aliphatic carboxylic acids is 1. The van der Waals surface area contributed by atoms with Gasteiger partial charge in [-0.25, -0.2) is 0 Å². The summed E-state index contributed by atoms with van der Waals surface area (Å²) in [6.45, 7) is 5.25. The molecule has 1 aliphatic heterocycles. The summed E-state index contributed by atoms with van der Waals surface area (Å²) >= 11 is 0. The van der Waals surface area contributed by atoms with E-state index in [1.165, 1.54) is 0 Å². The van der Waals surface area contributed by atoms with Gasteiger partial charge < -0.3 is 14.9 Å². The molecule has 1 saturated carbocycles. The lowest BCUT2D eigenvalue weighted by Crippen LogP contribution is -2.51. The molecule has 2 rings (SSSR count). The number of amides is 2. The molecule has 0 aromatic rings. The van der Waals surface area contributed by atoms with E-state index in [2.05, 4.69) is 0 Å². The van der Waals surface area contributed by atoms with Gasteiger partial charge in [-0.3, -0.25) is 14.4 Å². The second-order valence-electron chi connectivity index (χ2n) is 6.35. The minimum absolute atomic E-state index is 0.00109. The molecule has 112 valence electrons. The van der Waals surface area contributed by atoms with Crippen molar-refractivity contribution in [2.75, 3.05) is 26.2 Å². The molecule has 1 heterocycles. The van der Waals surface area contributed by atoms with E-state index >= 15 is 0 Å². The number of rotatable bonds is 4. The quantitative estimate of drug-likeness (QED) is 0.817. The zero-order valence-corrected chi connectivity index (χ0v) is 12.1. The van der Waals surface area contributed by atoms with E-state index in [1.807, 2.05) is 4.90 Å². The summed E-state index contributed by atoms with van der Waals surface area (Å²) in [5.41, 5.74) is -1.04. The fourth-order valence-electron chi connectivity index (χ4n) is 2.33. The van der Waals surface area contributed by atoms with Gasteiger partial charge in [0.25, 0.3) is 0 Å². The van der Waals surface area contributed by atoms with Crippen molar-refractivity contribution in [1.82, 2.24) is 9.80 Å². The van der Waals surface area contributed by atoms with E-state index in [-0.39, 0.29) is 24.2 Å². The van der Waals surface area contributed by atoms with Crippen molar-refractivity contribution in [3.8, 4) is 0 Å². The molecule has 6 heteroatoms. The van der Waals surface area contributed by atoms with Gasteiger partial charge >= 0.3 is 5.97 Å². The molecule has 20 heavy (non-hydrogen) atoms. The Bertz CT molecular complexity index is 421. The number of carbonyl (C=O) groups excluding carboxylic acids is 2. The summed E-state index contributed by atoms with van der Waals surface area (Å²) < 4.78 is 0. The van der Waals surface area contributed by atoms with Gasteiger partial charge in [0.15, 0.2) is 0 Å². The summed E-state index contributed by atoms with van der Waals surface area (Å²) in [4.78, 5) is 38.5. The molecule has 2 aliphatic rings. The smallest absolute Gasteiger partial charge is 0.309 e. The van der Waals surface area contributed by atoms with E-state index in [0.29, 0.717) is 26.2 Å². The third-order valence-electron chi connectivity index (χ3n) is 4.04. The average molecular weight is 282 g/mol. The molecule has 0 spiro atoms. The lowest BCUT2D eigenvalue weighted by molar-refractivity contribution is -0.152. The van der Waals surface area contributed by atoms with Crippen molar-refractivity contribution in [1.29, 1.82) is 0 Å². The Labute approximate surface area is 118 Å². The van der Waals surface area contributed by atoms with Gasteiger partial charge in [-0.1, -0.05) is 0 Å². The molecule has 2 fully saturated rings. The Hall–Kier alpha value is -1.59. The fraction of sp³-hybridized carbons (Fsp3) is 0.786. The normalized spacial score (nSPS) is 19.9. The highest BCUT2D eigenvalue weighted by atomic mass is 16.4. The molecule has 0 atom stereocenters. The van der Waals surface area contributed by atoms with Gasteiger partial charge in [-0.15, -0.1) is 0 Å². The number of hydrogen-bond donors (Lipinski definition) is 1. The molecular formula is C14H22N2O4. The lowest BCUT2D eigenvalue weighted by atomic mass is 9.89. The van der Waals surface area contributed by atoms with Crippen molar-refractivity contribution in [2.24, 2.45) is 11.3 Å². The van der Waals surface area contributed by atoms with Gasteiger partial charge in [0.05, 0.1) is 5.41 Å². The summed E-state index contributed by atoms with van der Waals surface area (Å²) in [5.74, 6) is -0.685. The molecule has 6 nitrogen and oxygen atoms in total. The van der Waals surface area contributed by atoms with Crippen LogP contribution in [-0.2, 0) is 14.4 Å². The van der Waals surface area contributed by atoms with Crippen LogP contribution in [0.1, 0.15) is 33.1 Å². The van der Waals surface area contributed by atoms with Crippen LogP contribution in [0, 0.1) is 11.3 Å². The van der Waals surface area contributed by atoms with E-state index in [9.17, 15) is 14.4 Å². The fourth-order valence-corrected chi connectivity index (χ4v) is 2.33. The van der Waals surface area contributed by atoms with Crippen LogP contribution in [0.25, 0.3) is 0 Å². The zero-order chi connectivity index (χ0) is 14.9. The molecule has 1 saturated heterocycles. The topological polar surface area (TPSA) is 77.9 Å². The highest BCUT2D eigenvalue weighted by Gasteiger charge is 2.36. The molecule has 0 radical (unpaired) electrons. The van der Waals surface area contributed by atoms with E-state index < -0.39 is 11.4 Å². The first-order valence-corrected chi connectivity index (χ1v) is 7.11. The standard InChI is InChI=1S/C14H22N2O4/c1-14(2,13(19)20)9-11(17)15-5-7-16(8-6-15)12(18)10-3-4-10/h10H,3-9H2,1-2H3,(H,19,20). The first-order chi connectivity index (χ1) is 9.31. The number of hydrogen-bond acceptors (Lipinski definition) is 3. The highest BCUT2D eigenvalue weighted by molar-refractivity contribution is 5.85. The molecular weight excluding hydrogens is 260 g/mol. The predicted octanol–water partition coefficient (Wildman–Crippen LogP) is 0.568. The van der Waals surface area contributed by atoms with Gasteiger partial charge in [-0.2, -0.15) is 0 Å². The first kappa shape index (κ1) is 14.8. The maximum Gasteiger partial charge on any atom is 0.309 e. The maximum absolute atomic E-state index is 12.1. The van der Waals surface area contributed by atoms with Crippen LogP contribution >= 0.6 is 0 Å². The SMILES string of the molecule is CC(C)(CC(=O)N1CCN(C(=O)C2CC2)CC1)C(=O)O. The second-order valence-corrected chi connectivity index (χ2v) is 6.35. The maximum atomic E-state index is 12.1. The predicted molar refractivity (Wildman–Crippen MR) is 71.9 cm³/mol. The van der Waals surface area contributed by atoms with Crippen LogP contribution < -0.4 is 0 Å². The minimum Gasteiger partial charge on any atom is -0.481 e. The van der Waals surface area contributed by atoms with Crippen LogP contribution in [0.5, 0.6) is 0 Å². The van der Waals surface area contributed by atoms with Gasteiger partial charge in [-0.05, 0) is 26.7 Å². The molecule has 0 bridgehead atoms. The number of carbonyl (C=O) groups is 3. The first-order valence-electron chi connectivity index (χ1n) is 7.11. The molecule has 0 unspecified atom stereocenters. The monoisotopic (exact) mass is 282 g/mol. The summed E-state index contributed by atoms with van der Waals surface area (Å²) in [7, 11) is 0. The summed E-state index contributed by atoms with van der Waals surface area (Å²) in [6, 6.07) is 0. The third-order valence-corrected chi connectivity index (χ3v) is 4.04. The third kappa shape index (κ3) is 3.29. The largest absolute Gasteiger partial charge is 0.481 e. The average Bonchev–Trinajstić information content (AvgIpc) is 3.21. The molecule has 1 aliphatic carbocycles. The van der Waals surface area contributed by atoms with Crippen molar-refractivity contribution in [3.63, 3.8) is 0 Å². The second kappa shape index (κ2) is 5.42. The molecule has 0 aromatic carbocycles. The van der Waals surface area contributed by atoms with Crippen LogP contribution in [0.2, 0.25) is 0 Å². The Morgan fingerprint density at radius 3 is 2.00 bits per heavy atom. The lowest BCUT2D eigenvalue weighted by Gasteiger charge is -2.36. The number of carboxylic acids is 1. The number of carboxylic acid groups (broad SMARTS) is 1. The number of nitrogens with zero attached hydrogens (tertiary/aromatic N) is 2. The van der Waals surface area contributed by atoms with E-state index in [4.69, 9.17) is 5.11 Å². The molecule has 1 N–H and O–H groups in total. The van der Waals surface area contributed by atoms with E-state index in [1.54, 1.807) is 18.7 Å². The molecule has 2 amide bonds. The Balaban J connectivity index is 1.82. The van der Waals surface area contributed by atoms with Crippen LogP contribution in [-0.4, -0.2) is 58.9 Å². The summed E-state index contributed by atoms with van der Waals surface area (Å²) in [6.07, 6.45) is 1.98. The van der Waals surface area contributed by atoms with Gasteiger partial charge in [0.1, 0.15) is 0 Å². The minimum atomic E-state index is -1.04. The van der Waals surface area contributed by atoms with Crippen molar-refractivity contribution < 1.29 is 19.5 Å². The number of piperazine rings is 1. The van der Waals surface area contributed by atoms with Crippen LogP contribution in [0.3, 0.4) is 0 Å². The van der Waals surface area contributed by atoms with Gasteiger partial charge in [0.2, 0.25) is 11.8 Å². The van der Waals surface area contributed by atoms with Crippen molar-refractivity contribution >= 4 is 17.8 Å².